The smallest absolute Gasteiger partial charge is 0.119 e. The van der Waals surface area contributed by atoms with E-state index in [1.54, 1.807) is 12.7 Å². The molecule has 0 atom stereocenters. The van der Waals surface area contributed by atoms with Gasteiger partial charge in [-0.15, -0.1) is 0 Å². The minimum Gasteiger partial charge on any atom is -0.497 e. The molecule has 0 unspecified atom stereocenters. The zero-order valence-corrected chi connectivity index (χ0v) is 10.9. The molecule has 1 aromatic carbocycles. The van der Waals surface area contributed by atoms with E-state index in [1.807, 2.05) is 0 Å². The summed E-state index contributed by atoms with van der Waals surface area (Å²) < 4.78 is 5.42. The lowest BCUT2D eigenvalue weighted by Gasteiger charge is -2.34. The van der Waals surface area contributed by atoms with Crippen LogP contribution < -0.4 is 4.74 Å². The predicted octanol–water partition coefficient (Wildman–Crippen LogP) is 3.87. The highest BCUT2D eigenvalue weighted by Crippen LogP contribution is 2.40. The second-order valence-corrected chi connectivity index (χ2v) is 5.40. The third-order valence-corrected chi connectivity index (χ3v) is 3.89. The van der Waals surface area contributed by atoms with Crippen molar-refractivity contribution < 1.29 is 4.74 Å². The topological polar surface area (TPSA) is 9.23 Å². The van der Waals surface area contributed by atoms with Gasteiger partial charge in [0, 0.05) is 0 Å². The molecule has 1 aromatic rings. The van der Waals surface area contributed by atoms with Crippen LogP contribution in [0.5, 0.6) is 5.75 Å². The summed E-state index contributed by atoms with van der Waals surface area (Å²) in [6.07, 6.45) is 4.96. The van der Waals surface area contributed by atoms with Gasteiger partial charge in [-0.3, -0.25) is 0 Å². The van der Waals surface area contributed by atoms with Gasteiger partial charge in [-0.25, -0.2) is 0 Å². The molecule has 0 saturated heterocycles. The average molecular weight is 218 g/mol. The number of aryl methyl sites for hydroxylation is 1. The van der Waals surface area contributed by atoms with Crippen molar-refractivity contribution in [2.75, 3.05) is 7.11 Å². The van der Waals surface area contributed by atoms with Gasteiger partial charge in [0.2, 0.25) is 0 Å². The van der Waals surface area contributed by atoms with Crippen molar-refractivity contribution in [2.24, 2.45) is 0 Å². The Labute approximate surface area is 98.8 Å². The summed E-state index contributed by atoms with van der Waals surface area (Å²) in [4.78, 5) is 0. The quantitative estimate of drug-likeness (QED) is 0.732. The van der Waals surface area contributed by atoms with Crippen LogP contribution in [0.3, 0.4) is 0 Å². The Morgan fingerprint density at radius 3 is 2.69 bits per heavy atom. The van der Waals surface area contributed by atoms with E-state index in [9.17, 15) is 0 Å². The van der Waals surface area contributed by atoms with Crippen LogP contribution in [0.25, 0.3) is 0 Å². The van der Waals surface area contributed by atoms with Crippen LogP contribution in [0.1, 0.15) is 50.3 Å². The Balaban J connectivity index is 2.60. The number of hydrogen-bond acceptors (Lipinski definition) is 1. The molecule has 0 radical (unpaired) electrons. The molecule has 16 heavy (non-hydrogen) atoms. The molecule has 1 heteroatoms. The molecule has 0 aliphatic heterocycles. The lowest BCUT2D eigenvalue weighted by Crippen LogP contribution is -2.24. The standard InChI is InChI=1S/C15H22O/c1-5-11-9-12(16-4)10-14-13(11)7-6-8-15(14,2)3/h9-10H,5-8H2,1-4H3. The van der Waals surface area contributed by atoms with Crippen molar-refractivity contribution in [3.63, 3.8) is 0 Å². The first-order valence-corrected chi connectivity index (χ1v) is 6.28. The number of methoxy groups -OCH3 is 1. The molecule has 0 amide bonds. The summed E-state index contributed by atoms with van der Waals surface area (Å²) in [5.41, 5.74) is 4.88. The van der Waals surface area contributed by atoms with Gasteiger partial charge in [-0.2, -0.15) is 0 Å². The molecule has 0 aromatic heterocycles. The van der Waals surface area contributed by atoms with E-state index in [1.165, 1.54) is 30.4 Å². The van der Waals surface area contributed by atoms with Gasteiger partial charge in [-0.1, -0.05) is 20.8 Å². The average Bonchev–Trinajstić information content (AvgIpc) is 2.27. The Morgan fingerprint density at radius 1 is 1.31 bits per heavy atom. The van der Waals surface area contributed by atoms with Gasteiger partial charge in [0.15, 0.2) is 0 Å². The van der Waals surface area contributed by atoms with Crippen molar-refractivity contribution in [1.82, 2.24) is 0 Å². The van der Waals surface area contributed by atoms with Crippen LogP contribution in [0.4, 0.5) is 0 Å². The minimum atomic E-state index is 0.312. The normalized spacial score (nSPS) is 18.0. The second kappa shape index (κ2) is 4.12. The molecule has 1 aliphatic carbocycles. The molecular weight excluding hydrogens is 196 g/mol. The number of hydrogen-bond donors (Lipinski definition) is 0. The van der Waals surface area contributed by atoms with Crippen LogP contribution in [0.15, 0.2) is 12.1 Å². The maximum atomic E-state index is 5.42. The molecule has 88 valence electrons. The van der Waals surface area contributed by atoms with E-state index in [0.717, 1.165) is 12.2 Å². The molecule has 1 aliphatic rings. The van der Waals surface area contributed by atoms with Gasteiger partial charge in [0.05, 0.1) is 7.11 Å². The van der Waals surface area contributed by atoms with Crippen molar-refractivity contribution in [2.45, 2.75) is 51.9 Å². The number of ether oxygens (including phenoxy) is 1. The third-order valence-electron chi connectivity index (χ3n) is 3.89. The maximum absolute atomic E-state index is 5.42. The Morgan fingerprint density at radius 2 is 2.06 bits per heavy atom. The van der Waals surface area contributed by atoms with E-state index in [-0.39, 0.29) is 0 Å². The Hall–Kier alpha value is -0.980. The summed E-state index contributed by atoms with van der Waals surface area (Å²) in [5, 5.41) is 0. The van der Waals surface area contributed by atoms with E-state index < -0.39 is 0 Å². The highest BCUT2D eigenvalue weighted by Gasteiger charge is 2.29. The fourth-order valence-corrected chi connectivity index (χ4v) is 2.88. The second-order valence-electron chi connectivity index (χ2n) is 5.40. The summed E-state index contributed by atoms with van der Waals surface area (Å²) >= 11 is 0. The number of rotatable bonds is 2. The molecule has 0 N–H and O–H groups in total. The number of benzene rings is 1. The van der Waals surface area contributed by atoms with Crippen molar-refractivity contribution in [3.05, 3.63) is 28.8 Å². The van der Waals surface area contributed by atoms with Crippen molar-refractivity contribution >= 4 is 0 Å². The van der Waals surface area contributed by atoms with E-state index in [0.29, 0.717) is 5.41 Å². The SMILES string of the molecule is CCc1cc(OC)cc2c1CCCC2(C)C. The van der Waals surface area contributed by atoms with Crippen LogP contribution in [0.2, 0.25) is 0 Å². The minimum absolute atomic E-state index is 0.312. The van der Waals surface area contributed by atoms with Crippen LogP contribution >= 0.6 is 0 Å². The lowest BCUT2D eigenvalue weighted by molar-refractivity contribution is 0.400. The van der Waals surface area contributed by atoms with Crippen LogP contribution in [-0.4, -0.2) is 7.11 Å². The largest absolute Gasteiger partial charge is 0.497 e. The summed E-state index contributed by atoms with van der Waals surface area (Å²) in [6, 6.07) is 4.45. The van der Waals surface area contributed by atoms with Gasteiger partial charge in [0.1, 0.15) is 5.75 Å². The predicted molar refractivity (Wildman–Crippen MR) is 68.3 cm³/mol. The molecule has 1 nitrogen and oxygen atoms in total. The van der Waals surface area contributed by atoms with Crippen LogP contribution in [0, 0.1) is 0 Å². The molecule has 0 bridgehead atoms. The first kappa shape index (κ1) is 11.5. The van der Waals surface area contributed by atoms with Gasteiger partial charge >= 0.3 is 0 Å². The molecule has 0 spiro atoms. The molecular formula is C15H22O. The van der Waals surface area contributed by atoms with Crippen LogP contribution in [-0.2, 0) is 18.3 Å². The summed E-state index contributed by atoms with van der Waals surface area (Å²) in [5.74, 6) is 1.02. The molecule has 0 fully saturated rings. The van der Waals surface area contributed by atoms with Gasteiger partial charge in [0.25, 0.3) is 0 Å². The number of fused-ring (bicyclic) bond motifs is 1. The molecule has 2 rings (SSSR count). The first-order chi connectivity index (χ1) is 7.58. The van der Waals surface area contributed by atoms with E-state index >= 15 is 0 Å². The highest BCUT2D eigenvalue weighted by molar-refractivity contribution is 5.47. The zero-order valence-electron chi connectivity index (χ0n) is 10.9. The van der Waals surface area contributed by atoms with Gasteiger partial charge in [-0.05, 0) is 59.9 Å². The monoisotopic (exact) mass is 218 g/mol. The first-order valence-electron chi connectivity index (χ1n) is 6.28. The Bertz CT molecular complexity index is 391. The fraction of sp³-hybridized carbons (Fsp3) is 0.600. The van der Waals surface area contributed by atoms with Crippen molar-refractivity contribution in [1.29, 1.82) is 0 Å². The highest BCUT2D eigenvalue weighted by atomic mass is 16.5. The summed E-state index contributed by atoms with van der Waals surface area (Å²) in [7, 11) is 1.76. The Kier molecular flexibility index (Phi) is 2.96. The zero-order chi connectivity index (χ0) is 11.8. The third kappa shape index (κ3) is 1.83. The molecule has 0 heterocycles. The maximum Gasteiger partial charge on any atom is 0.119 e. The fourth-order valence-electron chi connectivity index (χ4n) is 2.88. The summed E-state index contributed by atoms with van der Waals surface area (Å²) in [6.45, 7) is 6.93. The molecule has 0 saturated carbocycles. The lowest BCUT2D eigenvalue weighted by atomic mass is 9.71. The van der Waals surface area contributed by atoms with E-state index in [2.05, 4.69) is 32.9 Å². The van der Waals surface area contributed by atoms with Crippen molar-refractivity contribution in [3.8, 4) is 5.75 Å². The van der Waals surface area contributed by atoms with E-state index in [4.69, 9.17) is 4.74 Å². The van der Waals surface area contributed by atoms with Gasteiger partial charge < -0.3 is 4.74 Å².